The molecule has 0 bridgehead atoms. The van der Waals surface area contributed by atoms with E-state index in [-0.39, 0.29) is 35.9 Å². The molecule has 26 heavy (non-hydrogen) atoms. The van der Waals surface area contributed by atoms with Crippen molar-refractivity contribution in [2.45, 2.75) is 24.0 Å². The summed E-state index contributed by atoms with van der Waals surface area (Å²) in [6, 6.07) is 5.32. The third-order valence-corrected chi connectivity index (χ3v) is 5.13. The van der Waals surface area contributed by atoms with Gasteiger partial charge in [0.1, 0.15) is 6.04 Å². The van der Waals surface area contributed by atoms with Gasteiger partial charge in [0.2, 0.25) is 21.8 Å². The van der Waals surface area contributed by atoms with Gasteiger partial charge in [0.05, 0.1) is 24.2 Å². The van der Waals surface area contributed by atoms with Crippen LogP contribution in [0.1, 0.15) is 6.92 Å². The third-order valence-electron chi connectivity index (χ3n) is 3.72. The molecule has 2 amide bonds. The number of benzene rings is 1. The van der Waals surface area contributed by atoms with Crippen LogP contribution in [0.2, 0.25) is 0 Å². The van der Waals surface area contributed by atoms with Crippen molar-refractivity contribution in [3.63, 3.8) is 0 Å². The lowest BCUT2D eigenvalue weighted by atomic mass is 10.1. The van der Waals surface area contributed by atoms with Crippen molar-refractivity contribution in [1.29, 1.82) is 0 Å². The Bertz CT molecular complexity index is 743. The molecule has 0 radical (unpaired) electrons. The molecule has 1 aromatic rings. The minimum absolute atomic E-state index is 0. The SMILES string of the molecule is CNS(=O)(=O)c1cccc(NC(=O)CNC(=O)[C@H]2NCCO[C@@H]2C)c1.Cl. The Hall–Kier alpha value is -1.72. The van der Waals surface area contributed by atoms with Gasteiger partial charge in [-0.25, -0.2) is 13.1 Å². The number of morpholine rings is 1. The van der Waals surface area contributed by atoms with Gasteiger partial charge < -0.3 is 20.7 Å². The van der Waals surface area contributed by atoms with Crippen molar-refractivity contribution in [1.82, 2.24) is 15.4 Å². The fourth-order valence-electron chi connectivity index (χ4n) is 2.37. The minimum atomic E-state index is -3.60. The molecule has 1 saturated heterocycles. The molecule has 1 aromatic carbocycles. The number of nitrogens with one attached hydrogen (secondary N) is 4. The zero-order chi connectivity index (χ0) is 18.4. The first-order valence-corrected chi connectivity index (χ1v) is 9.28. The Morgan fingerprint density at radius 1 is 1.35 bits per heavy atom. The van der Waals surface area contributed by atoms with Crippen molar-refractivity contribution in [2.24, 2.45) is 0 Å². The molecule has 1 heterocycles. The highest BCUT2D eigenvalue weighted by Crippen LogP contribution is 2.14. The van der Waals surface area contributed by atoms with Crippen LogP contribution in [-0.2, 0) is 24.3 Å². The lowest BCUT2D eigenvalue weighted by Crippen LogP contribution is -2.56. The van der Waals surface area contributed by atoms with Gasteiger partial charge in [0.25, 0.3) is 0 Å². The van der Waals surface area contributed by atoms with E-state index in [0.717, 1.165) is 0 Å². The number of anilines is 1. The molecular formula is C15H23ClN4O5S. The zero-order valence-corrected chi connectivity index (χ0v) is 16.1. The average molecular weight is 407 g/mol. The quantitative estimate of drug-likeness (QED) is 0.502. The Morgan fingerprint density at radius 3 is 2.73 bits per heavy atom. The maximum atomic E-state index is 12.1. The summed E-state index contributed by atoms with van der Waals surface area (Å²) in [5, 5.41) is 8.12. The zero-order valence-electron chi connectivity index (χ0n) is 14.4. The molecule has 1 fully saturated rings. The number of amides is 2. The number of sulfonamides is 1. The molecule has 2 atom stereocenters. The number of carbonyl (C=O) groups excluding carboxylic acids is 2. The number of halogens is 1. The predicted octanol–water partition coefficient (Wildman–Crippen LogP) is -0.552. The molecule has 0 aliphatic carbocycles. The average Bonchev–Trinajstić information content (AvgIpc) is 2.60. The molecule has 1 aliphatic heterocycles. The molecule has 0 aromatic heterocycles. The molecule has 0 spiro atoms. The second-order valence-corrected chi connectivity index (χ2v) is 7.40. The smallest absolute Gasteiger partial charge is 0.243 e. The van der Waals surface area contributed by atoms with Gasteiger partial charge in [-0.2, -0.15) is 0 Å². The van der Waals surface area contributed by atoms with E-state index in [1.807, 2.05) is 0 Å². The number of hydrogen-bond donors (Lipinski definition) is 4. The van der Waals surface area contributed by atoms with Crippen molar-refractivity contribution in [2.75, 3.05) is 32.1 Å². The van der Waals surface area contributed by atoms with Crippen LogP contribution in [0, 0.1) is 0 Å². The maximum absolute atomic E-state index is 12.1. The lowest BCUT2D eigenvalue weighted by molar-refractivity contribution is -0.130. The molecule has 1 aliphatic rings. The molecule has 4 N–H and O–H groups in total. The Kier molecular flexibility index (Phi) is 8.44. The first kappa shape index (κ1) is 22.3. The van der Waals surface area contributed by atoms with E-state index in [9.17, 15) is 18.0 Å². The van der Waals surface area contributed by atoms with Crippen molar-refractivity contribution in [3.8, 4) is 0 Å². The summed E-state index contributed by atoms with van der Waals surface area (Å²) >= 11 is 0. The summed E-state index contributed by atoms with van der Waals surface area (Å²) in [5.74, 6) is -0.786. The van der Waals surface area contributed by atoms with Gasteiger partial charge in [-0.05, 0) is 32.2 Å². The molecule has 2 rings (SSSR count). The van der Waals surface area contributed by atoms with Gasteiger partial charge in [-0.3, -0.25) is 9.59 Å². The van der Waals surface area contributed by atoms with Crippen molar-refractivity contribution in [3.05, 3.63) is 24.3 Å². The third kappa shape index (κ3) is 5.92. The maximum Gasteiger partial charge on any atom is 0.243 e. The van der Waals surface area contributed by atoms with Crippen LogP contribution >= 0.6 is 12.4 Å². The van der Waals surface area contributed by atoms with Gasteiger partial charge in [-0.15, -0.1) is 12.4 Å². The fourth-order valence-corrected chi connectivity index (χ4v) is 3.14. The monoisotopic (exact) mass is 406 g/mol. The van der Waals surface area contributed by atoms with Crippen LogP contribution in [0.5, 0.6) is 0 Å². The highest BCUT2D eigenvalue weighted by Gasteiger charge is 2.28. The Balaban J connectivity index is 0.00000338. The Morgan fingerprint density at radius 2 is 2.08 bits per heavy atom. The number of rotatable bonds is 6. The molecule has 0 saturated carbocycles. The van der Waals surface area contributed by atoms with Crippen LogP contribution < -0.4 is 20.7 Å². The van der Waals surface area contributed by atoms with Crippen LogP contribution in [0.15, 0.2) is 29.2 Å². The van der Waals surface area contributed by atoms with E-state index in [1.54, 1.807) is 13.0 Å². The standard InChI is InChI=1S/C15H22N4O5S.ClH/c1-10-14(17-6-7-24-10)15(21)18-9-13(20)19-11-4-3-5-12(8-11)25(22,23)16-2;/h3-5,8,10,14,16-17H,6-7,9H2,1-2H3,(H,18,21)(H,19,20);1H/t10-,14+;/m1./s1. The van der Waals surface area contributed by atoms with E-state index < -0.39 is 22.0 Å². The van der Waals surface area contributed by atoms with Gasteiger partial charge in [0, 0.05) is 12.2 Å². The van der Waals surface area contributed by atoms with E-state index >= 15 is 0 Å². The Labute approximate surface area is 158 Å². The summed E-state index contributed by atoms with van der Waals surface area (Å²) in [6.45, 7) is 2.66. The normalized spacial score (nSPS) is 19.9. The van der Waals surface area contributed by atoms with E-state index in [0.29, 0.717) is 18.8 Å². The van der Waals surface area contributed by atoms with Gasteiger partial charge >= 0.3 is 0 Å². The number of carbonyl (C=O) groups is 2. The molecule has 0 unspecified atom stereocenters. The highest BCUT2D eigenvalue weighted by molar-refractivity contribution is 7.89. The van der Waals surface area contributed by atoms with Crippen LogP contribution in [-0.4, -0.2) is 59.1 Å². The summed E-state index contributed by atoms with van der Waals surface area (Å²) in [4.78, 5) is 24.1. The summed E-state index contributed by atoms with van der Waals surface area (Å²) in [7, 11) is -2.29. The van der Waals surface area contributed by atoms with Crippen LogP contribution in [0.25, 0.3) is 0 Å². The number of hydrogen-bond acceptors (Lipinski definition) is 6. The lowest BCUT2D eigenvalue weighted by Gasteiger charge is -2.29. The molecular weight excluding hydrogens is 384 g/mol. The van der Waals surface area contributed by atoms with Crippen molar-refractivity contribution >= 4 is 39.9 Å². The summed E-state index contributed by atoms with van der Waals surface area (Å²) < 4.78 is 31.1. The second kappa shape index (κ2) is 9.83. The summed E-state index contributed by atoms with van der Waals surface area (Å²) in [6.07, 6.45) is -0.278. The topological polar surface area (TPSA) is 126 Å². The van der Waals surface area contributed by atoms with Crippen LogP contribution in [0.3, 0.4) is 0 Å². The first-order valence-electron chi connectivity index (χ1n) is 7.79. The molecule has 11 heteroatoms. The van der Waals surface area contributed by atoms with E-state index in [2.05, 4.69) is 20.7 Å². The second-order valence-electron chi connectivity index (χ2n) is 5.51. The first-order chi connectivity index (χ1) is 11.8. The number of ether oxygens (including phenoxy) is 1. The van der Waals surface area contributed by atoms with Crippen LogP contribution in [0.4, 0.5) is 5.69 Å². The fraction of sp³-hybridized carbons (Fsp3) is 0.467. The molecule has 9 nitrogen and oxygen atoms in total. The van der Waals surface area contributed by atoms with E-state index in [1.165, 1.54) is 25.2 Å². The predicted molar refractivity (Wildman–Crippen MR) is 98.8 cm³/mol. The van der Waals surface area contributed by atoms with Gasteiger partial charge in [0.15, 0.2) is 0 Å². The van der Waals surface area contributed by atoms with Crippen molar-refractivity contribution < 1.29 is 22.7 Å². The summed E-state index contributed by atoms with van der Waals surface area (Å²) in [5.41, 5.74) is 0.322. The highest BCUT2D eigenvalue weighted by atomic mass is 35.5. The van der Waals surface area contributed by atoms with Gasteiger partial charge in [-0.1, -0.05) is 6.07 Å². The minimum Gasteiger partial charge on any atom is -0.375 e. The molecule has 146 valence electrons. The van der Waals surface area contributed by atoms with E-state index in [4.69, 9.17) is 4.74 Å². The largest absolute Gasteiger partial charge is 0.375 e.